The highest BCUT2D eigenvalue weighted by molar-refractivity contribution is 7.80. The number of nitrogens with one attached hydrogen (secondary N) is 1. The van der Waals surface area contributed by atoms with Crippen LogP contribution in [-0.2, 0) is 0 Å². The number of carboxylic acid groups (broad SMARTS) is 1. The van der Waals surface area contributed by atoms with Gasteiger partial charge in [0.25, 0.3) is 0 Å². The van der Waals surface area contributed by atoms with Crippen LogP contribution in [0.2, 0.25) is 0 Å². The molecule has 0 spiro atoms. The molecule has 7 heteroatoms. The molecule has 1 aliphatic rings. The van der Waals surface area contributed by atoms with Crippen LogP contribution in [0.4, 0.5) is 0 Å². The number of carbonyl (C=O) groups is 1. The monoisotopic (exact) mass is 434 g/mol. The van der Waals surface area contributed by atoms with Crippen molar-refractivity contribution >= 4 is 23.3 Å². The van der Waals surface area contributed by atoms with E-state index in [2.05, 4.69) is 39.7 Å². The van der Waals surface area contributed by atoms with Gasteiger partial charge >= 0.3 is 5.97 Å². The fourth-order valence-corrected chi connectivity index (χ4v) is 4.82. The lowest BCUT2D eigenvalue weighted by atomic mass is 9.96. The van der Waals surface area contributed by atoms with E-state index in [4.69, 9.17) is 12.2 Å². The Labute approximate surface area is 187 Å². The highest BCUT2D eigenvalue weighted by Gasteiger charge is 2.40. The fraction of sp³-hybridized carbons (Fsp3) is 0.292. The van der Waals surface area contributed by atoms with E-state index in [0.29, 0.717) is 0 Å². The summed E-state index contributed by atoms with van der Waals surface area (Å²) in [6.07, 6.45) is 2.78. The van der Waals surface area contributed by atoms with Crippen LogP contribution in [0, 0.1) is 13.8 Å². The van der Waals surface area contributed by atoms with E-state index in [1.54, 1.807) is 24.4 Å². The highest BCUT2D eigenvalue weighted by atomic mass is 32.1. The van der Waals surface area contributed by atoms with Crippen LogP contribution in [0.25, 0.3) is 5.69 Å². The summed E-state index contributed by atoms with van der Waals surface area (Å²) < 4.78 is 2.11. The third kappa shape index (κ3) is 3.81. The zero-order valence-electron chi connectivity index (χ0n) is 17.9. The van der Waals surface area contributed by atoms with Gasteiger partial charge in [0.15, 0.2) is 5.11 Å². The van der Waals surface area contributed by atoms with Crippen molar-refractivity contribution in [2.24, 2.45) is 0 Å². The van der Waals surface area contributed by atoms with Crippen LogP contribution in [0.3, 0.4) is 0 Å². The Morgan fingerprint density at radius 2 is 2.00 bits per heavy atom. The van der Waals surface area contributed by atoms with E-state index in [1.807, 2.05) is 31.2 Å². The van der Waals surface area contributed by atoms with E-state index in [9.17, 15) is 9.90 Å². The molecule has 1 saturated heterocycles. The number of hydrogen-bond donors (Lipinski definition) is 2. The van der Waals surface area contributed by atoms with Crippen molar-refractivity contribution in [1.29, 1.82) is 0 Å². The molecule has 0 unspecified atom stereocenters. The minimum absolute atomic E-state index is 0.00459. The summed E-state index contributed by atoms with van der Waals surface area (Å²) in [4.78, 5) is 18.3. The zero-order valence-corrected chi connectivity index (χ0v) is 18.7. The number of nitrogens with zero attached hydrogens (tertiary/aromatic N) is 3. The normalized spacial score (nSPS) is 18.3. The second kappa shape index (κ2) is 8.51. The molecule has 0 saturated carbocycles. The maximum atomic E-state index is 11.5. The predicted octanol–water partition coefficient (Wildman–Crippen LogP) is 4.57. The number of aryl methyl sites for hydroxylation is 1. The van der Waals surface area contributed by atoms with Crippen LogP contribution in [-0.4, -0.2) is 37.2 Å². The second-order valence-corrected chi connectivity index (χ2v) is 8.22. The Kier molecular flexibility index (Phi) is 5.78. The molecule has 31 heavy (non-hydrogen) atoms. The molecule has 0 aliphatic carbocycles. The molecule has 4 rings (SSSR count). The zero-order chi connectivity index (χ0) is 22.1. The molecule has 2 atom stereocenters. The number of hydrogen-bond acceptors (Lipinski definition) is 3. The molecule has 1 fully saturated rings. The number of thiocarbonyl (C=S) groups is 1. The maximum absolute atomic E-state index is 11.5. The summed E-state index contributed by atoms with van der Waals surface area (Å²) in [5, 5.41) is 13.6. The molecule has 0 radical (unpaired) electrons. The van der Waals surface area contributed by atoms with Gasteiger partial charge < -0.3 is 19.9 Å². The van der Waals surface area contributed by atoms with Crippen LogP contribution < -0.4 is 5.32 Å². The van der Waals surface area contributed by atoms with Gasteiger partial charge in [-0.2, -0.15) is 0 Å². The molecule has 3 aromatic rings. The fourth-order valence-electron chi connectivity index (χ4n) is 4.49. The van der Waals surface area contributed by atoms with E-state index in [-0.39, 0.29) is 17.6 Å². The molecule has 0 bridgehead atoms. The number of benzene rings is 1. The van der Waals surface area contributed by atoms with Crippen molar-refractivity contribution in [3.05, 3.63) is 82.9 Å². The van der Waals surface area contributed by atoms with Crippen LogP contribution >= 0.6 is 12.2 Å². The molecule has 6 nitrogen and oxygen atoms in total. The van der Waals surface area contributed by atoms with Crippen molar-refractivity contribution in [3.63, 3.8) is 0 Å². The molecule has 1 aliphatic heterocycles. The first-order valence-electron chi connectivity index (χ1n) is 10.4. The van der Waals surface area contributed by atoms with Crippen molar-refractivity contribution in [1.82, 2.24) is 19.8 Å². The molecule has 0 amide bonds. The van der Waals surface area contributed by atoms with Gasteiger partial charge in [-0.3, -0.25) is 4.98 Å². The Morgan fingerprint density at radius 3 is 2.68 bits per heavy atom. The standard InChI is InChI=1S/C24H26N4O2S/c1-4-12-27-22(21(26-24(27)31)20-10-5-6-11-25-20)19-13-15(2)28(16(19)3)18-9-7-8-17(14-18)23(29)30/h5-11,13-14,21-22H,4,12H2,1-3H3,(H,26,31)(H,29,30)/t21-,22-/m1/s1. The lowest BCUT2D eigenvalue weighted by Gasteiger charge is -2.27. The largest absolute Gasteiger partial charge is 0.478 e. The number of carboxylic acids is 1. The topological polar surface area (TPSA) is 70.4 Å². The van der Waals surface area contributed by atoms with Gasteiger partial charge in [-0.15, -0.1) is 0 Å². The molecule has 3 heterocycles. The molecule has 1 aromatic carbocycles. The summed E-state index contributed by atoms with van der Waals surface area (Å²) >= 11 is 5.70. The number of aromatic nitrogens is 2. The Bertz CT molecular complexity index is 1130. The van der Waals surface area contributed by atoms with Gasteiger partial charge in [-0.1, -0.05) is 19.1 Å². The van der Waals surface area contributed by atoms with E-state index in [0.717, 1.165) is 46.4 Å². The molecular weight excluding hydrogens is 408 g/mol. The van der Waals surface area contributed by atoms with Crippen molar-refractivity contribution in [2.45, 2.75) is 39.3 Å². The van der Waals surface area contributed by atoms with E-state index >= 15 is 0 Å². The van der Waals surface area contributed by atoms with Crippen molar-refractivity contribution in [3.8, 4) is 5.69 Å². The first kappa shape index (κ1) is 21.1. The number of pyridine rings is 1. The Hall–Kier alpha value is -3.19. The van der Waals surface area contributed by atoms with Gasteiger partial charge in [-0.25, -0.2) is 4.79 Å². The van der Waals surface area contributed by atoms with Gasteiger partial charge in [-0.05, 0) is 74.4 Å². The van der Waals surface area contributed by atoms with E-state index < -0.39 is 5.97 Å². The maximum Gasteiger partial charge on any atom is 0.335 e. The predicted molar refractivity (Wildman–Crippen MR) is 125 cm³/mol. The lowest BCUT2D eigenvalue weighted by Crippen LogP contribution is -2.30. The smallest absolute Gasteiger partial charge is 0.335 e. The summed E-state index contributed by atoms with van der Waals surface area (Å²) in [7, 11) is 0. The van der Waals surface area contributed by atoms with E-state index in [1.165, 1.54) is 0 Å². The summed E-state index contributed by atoms with van der Waals surface area (Å²) in [6, 6.07) is 15.1. The highest BCUT2D eigenvalue weighted by Crippen LogP contribution is 2.41. The van der Waals surface area contributed by atoms with Crippen molar-refractivity contribution < 1.29 is 9.90 Å². The van der Waals surface area contributed by atoms with Gasteiger partial charge in [0, 0.05) is 29.8 Å². The minimum atomic E-state index is -0.931. The van der Waals surface area contributed by atoms with Gasteiger partial charge in [0.2, 0.25) is 0 Å². The average Bonchev–Trinajstić information content (AvgIpc) is 3.24. The quantitative estimate of drug-likeness (QED) is 0.554. The molecule has 2 N–H and O–H groups in total. The third-order valence-corrected chi connectivity index (χ3v) is 6.15. The van der Waals surface area contributed by atoms with Crippen LogP contribution in [0.5, 0.6) is 0 Å². The molecular formula is C24H26N4O2S. The van der Waals surface area contributed by atoms with Crippen molar-refractivity contribution in [2.75, 3.05) is 6.54 Å². The molecule has 160 valence electrons. The van der Waals surface area contributed by atoms with Crippen LogP contribution in [0.1, 0.15) is 58.4 Å². The Balaban J connectivity index is 1.83. The molecule has 2 aromatic heterocycles. The summed E-state index contributed by atoms with van der Waals surface area (Å²) in [5.41, 5.74) is 5.34. The minimum Gasteiger partial charge on any atom is -0.478 e. The lowest BCUT2D eigenvalue weighted by molar-refractivity contribution is 0.0697. The SMILES string of the molecule is CCCN1C(=S)N[C@H](c2ccccn2)[C@H]1c1cc(C)n(-c2cccc(C(=O)O)c2)c1C. The first-order valence-corrected chi connectivity index (χ1v) is 10.8. The summed E-state index contributed by atoms with van der Waals surface area (Å²) in [6.45, 7) is 7.12. The second-order valence-electron chi connectivity index (χ2n) is 7.84. The average molecular weight is 435 g/mol. The first-order chi connectivity index (χ1) is 14.9. The van der Waals surface area contributed by atoms with Crippen LogP contribution in [0.15, 0.2) is 54.7 Å². The Morgan fingerprint density at radius 1 is 1.19 bits per heavy atom. The number of aromatic carboxylic acids is 1. The number of rotatable bonds is 6. The van der Waals surface area contributed by atoms with Gasteiger partial charge in [0.05, 0.1) is 23.3 Å². The van der Waals surface area contributed by atoms with Gasteiger partial charge in [0.1, 0.15) is 0 Å². The summed E-state index contributed by atoms with van der Waals surface area (Å²) in [5.74, 6) is -0.931. The third-order valence-electron chi connectivity index (χ3n) is 5.80.